The number of carbonyl (C=O) groups excluding carboxylic acids is 1. The first-order chi connectivity index (χ1) is 10.5. The summed E-state index contributed by atoms with van der Waals surface area (Å²) < 4.78 is 5.54. The first kappa shape index (κ1) is 15.6. The minimum atomic E-state index is -0.384. The maximum Gasteiger partial charge on any atom is 0.277 e. The van der Waals surface area contributed by atoms with Gasteiger partial charge in [-0.3, -0.25) is 4.79 Å². The van der Waals surface area contributed by atoms with E-state index in [0.717, 1.165) is 12.8 Å². The van der Waals surface area contributed by atoms with Gasteiger partial charge in [0.25, 0.3) is 5.22 Å². The first-order valence-electron chi connectivity index (χ1n) is 6.78. The molecule has 116 valence electrons. The molecule has 0 bridgehead atoms. The number of rotatable bonds is 5. The van der Waals surface area contributed by atoms with E-state index >= 15 is 0 Å². The van der Waals surface area contributed by atoms with Gasteiger partial charge in [-0.05, 0) is 38.0 Å². The van der Waals surface area contributed by atoms with Crippen LogP contribution in [-0.4, -0.2) is 21.4 Å². The highest BCUT2D eigenvalue weighted by atomic mass is 35.5. The van der Waals surface area contributed by atoms with E-state index in [1.54, 1.807) is 25.1 Å². The number of amides is 1. The van der Waals surface area contributed by atoms with Gasteiger partial charge in [-0.15, -0.1) is 10.2 Å². The molecule has 0 spiro atoms. The highest BCUT2D eigenvalue weighted by Crippen LogP contribution is 2.40. The van der Waals surface area contributed by atoms with Gasteiger partial charge in [-0.25, -0.2) is 0 Å². The Morgan fingerprint density at radius 1 is 1.32 bits per heavy atom. The predicted octanol–water partition coefficient (Wildman–Crippen LogP) is 4.37. The topological polar surface area (TPSA) is 68.0 Å². The monoisotopic (exact) mass is 357 g/mol. The average Bonchev–Trinajstić information content (AvgIpc) is 3.18. The average molecular weight is 358 g/mol. The molecule has 1 aromatic carbocycles. The summed E-state index contributed by atoms with van der Waals surface area (Å²) in [4.78, 5) is 12.2. The van der Waals surface area contributed by atoms with Gasteiger partial charge in [0.2, 0.25) is 11.8 Å². The fourth-order valence-corrected chi connectivity index (χ4v) is 3.05. The standard InChI is InChI=1S/C14H13Cl2N3O2S/c1-7(22-14-19-18-13(21-14)8-2-3-8)12(20)17-11-5-9(15)4-10(16)6-11/h4-8H,2-3H2,1H3,(H,17,20)/t7-/m1/s1. The Morgan fingerprint density at radius 3 is 2.64 bits per heavy atom. The van der Waals surface area contributed by atoms with Crippen molar-refractivity contribution in [2.45, 2.75) is 36.2 Å². The van der Waals surface area contributed by atoms with E-state index in [2.05, 4.69) is 15.5 Å². The third-order valence-corrected chi connectivity index (χ3v) is 4.50. The molecule has 3 rings (SSSR count). The number of thioether (sulfide) groups is 1. The molecule has 0 unspecified atom stereocenters. The molecule has 1 saturated carbocycles. The van der Waals surface area contributed by atoms with Crippen molar-refractivity contribution in [3.8, 4) is 0 Å². The van der Waals surface area contributed by atoms with Gasteiger partial charge in [-0.1, -0.05) is 35.0 Å². The van der Waals surface area contributed by atoms with E-state index in [1.165, 1.54) is 11.8 Å². The Labute approximate surface area is 141 Å². The zero-order valence-corrected chi connectivity index (χ0v) is 14.0. The van der Waals surface area contributed by atoms with Gasteiger partial charge in [0.15, 0.2) is 0 Å². The van der Waals surface area contributed by atoms with Crippen molar-refractivity contribution >= 4 is 46.6 Å². The third-order valence-electron chi connectivity index (χ3n) is 3.13. The molecule has 1 N–H and O–H groups in total. The summed E-state index contributed by atoms with van der Waals surface area (Å²) in [5, 5.41) is 11.7. The minimum absolute atomic E-state index is 0.186. The molecule has 8 heteroatoms. The zero-order valence-electron chi connectivity index (χ0n) is 11.7. The SMILES string of the molecule is C[C@@H](Sc1nnc(C2CC2)o1)C(=O)Nc1cc(Cl)cc(Cl)c1. The lowest BCUT2D eigenvalue weighted by Crippen LogP contribution is -2.22. The minimum Gasteiger partial charge on any atom is -0.416 e. The van der Waals surface area contributed by atoms with E-state index in [4.69, 9.17) is 27.6 Å². The van der Waals surface area contributed by atoms with E-state index in [0.29, 0.717) is 32.8 Å². The molecule has 2 aromatic rings. The zero-order chi connectivity index (χ0) is 15.7. The summed E-state index contributed by atoms with van der Waals surface area (Å²) in [6.07, 6.45) is 2.19. The van der Waals surface area contributed by atoms with E-state index < -0.39 is 0 Å². The molecule has 1 atom stereocenters. The van der Waals surface area contributed by atoms with Gasteiger partial charge in [0.05, 0.1) is 5.25 Å². The van der Waals surface area contributed by atoms with Gasteiger partial charge in [-0.2, -0.15) is 0 Å². The van der Waals surface area contributed by atoms with Crippen LogP contribution in [0, 0.1) is 0 Å². The number of anilines is 1. The molecule has 0 saturated heterocycles. The molecule has 5 nitrogen and oxygen atoms in total. The summed E-state index contributed by atoms with van der Waals surface area (Å²) in [5.41, 5.74) is 0.555. The van der Waals surface area contributed by atoms with Gasteiger partial charge in [0, 0.05) is 21.7 Å². The second-order valence-electron chi connectivity index (χ2n) is 5.09. The molecular formula is C14H13Cl2N3O2S. The summed E-state index contributed by atoms with van der Waals surface area (Å²) in [6.45, 7) is 1.77. The van der Waals surface area contributed by atoms with Gasteiger partial charge in [0.1, 0.15) is 0 Å². The summed E-state index contributed by atoms with van der Waals surface area (Å²) in [5.74, 6) is 0.880. The molecule has 1 aliphatic rings. The summed E-state index contributed by atoms with van der Waals surface area (Å²) in [6, 6.07) is 4.88. The Morgan fingerprint density at radius 2 is 2.00 bits per heavy atom. The van der Waals surface area contributed by atoms with Crippen LogP contribution in [0.2, 0.25) is 10.0 Å². The van der Waals surface area contributed by atoms with Crippen molar-refractivity contribution in [2.24, 2.45) is 0 Å². The van der Waals surface area contributed by atoms with E-state index in [9.17, 15) is 4.79 Å². The van der Waals surface area contributed by atoms with Crippen LogP contribution in [0.5, 0.6) is 0 Å². The molecule has 1 aliphatic carbocycles. The number of carbonyl (C=O) groups is 1. The molecule has 1 fully saturated rings. The maximum atomic E-state index is 12.2. The van der Waals surface area contributed by atoms with Gasteiger partial charge < -0.3 is 9.73 Å². The first-order valence-corrected chi connectivity index (χ1v) is 8.42. The van der Waals surface area contributed by atoms with Crippen LogP contribution in [0.1, 0.15) is 31.6 Å². The van der Waals surface area contributed by atoms with Crippen LogP contribution in [0.4, 0.5) is 5.69 Å². The molecule has 1 amide bonds. The second kappa shape index (κ2) is 6.48. The number of halogens is 2. The van der Waals surface area contributed by atoms with Crippen molar-refractivity contribution in [1.29, 1.82) is 0 Å². The molecule has 0 radical (unpaired) electrons. The smallest absolute Gasteiger partial charge is 0.277 e. The predicted molar refractivity (Wildman–Crippen MR) is 86.7 cm³/mol. The van der Waals surface area contributed by atoms with Crippen molar-refractivity contribution in [3.63, 3.8) is 0 Å². The molecule has 0 aliphatic heterocycles. The molecule has 1 aromatic heterocycles. The lowest BCUT2D eigenvalue weighted by molar-refractivity contribution is -0.115. The lowest BCUT2D eigenvalue weighted by atomic mass is 10.3. The highest BCUT2D eigenvalue weighted by Gasteiger charge is 2.30. The fourth-order valence-electron chi connectivity index (χ4n) is 1.84. The Hall–Kier alpha value is -1.24. The number of hydrogen-bond acceptors (Lipinski definition) is 5. The van der Waals surface area contributed by atoms with Crippen LogP contribution in [0.25, 0.3) is 0 Å². The van der Waals surface area contributed by atoms with Crippen LogP contribution in [-0.2, 0) is 4.79 Å². The van der Waals surface area contributed by atoms with E-state index in [-0.39, 0.29) is 11.2 Å². The molecule has 1 heterocycles. The molecule has 22 heavy (non-hydrogen) atoms. The van der Waals surface area contributed by atoms with Crippen LogP contribution in [0.3, 0.4) is 0 Å². The quantitative estimate of drug-likeness (QED) is 0.804. The molecular weight excluding hydrogens is 345 g/mol. The van der Waals surface area contributed by atoms with E-state index in [1.807, 2.05) is 0 Å². The van der Waals surface area contributed by atoms with Crippen molar-refractivity contribution in [1.82, 2.24) is 10.2 Å². The van der Waals surface area contributed by atoms with Gasteiger partial charge >= 0.3 is 0 Å². The maximum absolute atomic E-state index is 12.2. The Balaban J connectivity index is 1.60. The Kier molecular flexibility index (Phi) is 4.61. The summed E-state index contributed by atoms with van der Waals surface area (Å²) in [7, 11) is 0. The van der Waals surface area contributed by atoms with Crippen molar-refractivity contribution < 1.29 is 9.21 Å². The Bertz CT molecular complexity index is 683. The number of benzene rings is 1. The normalized spacial score (nSPS) is 15.6. The number of hydrogen-bond donors (Lipinski definition) is 1. The fraction of sp³-hybridized carbons (Fsp3) is 0.357. The largest absolute Gasteiger partial charge is 0.416 e. The van der Waals surface area contributed by atoms with Crippen molar-refractivity contribution in [3.05, 3.63) is 34.1 Å². The third kappa shape index (κ3) is 3.94. The van der Waals surface area contributed by atoms with Crippen molar-refractivity contribution in [2.75, 3.05) is 5.32 Å². The number of nitrogens with one attached hydrogen (secondary N) is 1. The summed E-state index contributed by atoms with van der Waals surface area (Å²) >= 11 is 13.0. The number of nitrogens with zero attached hydrogens (tertiary/aromatic N) is 2. The highest BCUT2D eigenvalue weighted by molar-refractivity contribution is 8.00. The number of aromatic nitrogens is 2. The van der Waals surface area contributed by atoms with Crippen LogP contribution < -0.4 is 5.32 Å². The van der Waals surface area contributed by atoms with Crippen LogP contribution >= 0.6 is 35.0 Å². The second-order valence-corrected chi connectivity index (χ2v) is 7.25. The van der Waals surface area contributed by atoms with Crippen LogP contribution in [0.15, 0.2) is 27.8 Å². The lowest BCUT2D eigenvalue weighted by Gasteiger charge is -2.10.